The number of benzene rings is 1. The summed E-state index contributed by atoms with van der Waals surface area (Å²) >= 11 is 0. The summed E-state index contributed by atoms with van der Waals surface area (Å²) in [5.74, 6) is 0.298. The Bertz CT molecular complexity index is 444. The normalized spacial score (nSPS) is 18.4. The van der Waals surface area contributed by atoms with Crippen LogP contribution in [0.1, 0.15) is 38.7 Å². The standard InChI is InChI=1S/C16H24N2O/c1-3-12(2)15(17)16(19)18-11-7-6-9-13-8-4-5-10-14(13)18/h4-5,8,10,12,15H,3,6-7,9,11,17H2,1-2H3/t12?,15-/m0/s1. The number of rotatable bonds is 3. The fraction of sp³-hybridized carbons (Fsp3) is 0.562. The van der Waals surface area contributed by atoms with Gasteiger partial charge in [0.05, 0.1) is 6.04 Å². The van der Waals surface area contributed by atoms with Crippen LogP contribution in [0.15, 0.2) is 24.3 Å². The minimum absolute atomic E-state index is 0.0729. The molecule has 0 saturated carbocycles. The third kappa shape index (κ3) is 2.98. The van der Waals surface area contributed by atoms with Crippen LogP contribution in [0.5, 0.6) is 0 Å². The Morgan fingerprint density at radius 3 is 2.84 bits per heavy atom. The lowest BCUT2D eigenvalue weighted by molar-refractivity contribution is -0.120. The van der Waals surface area contributed by atoms with Crippen molar-refractivity contribution in [3.63, 3.8) is 0 Å². The average Bonchev–Trinajstić information content (AvgIpc) is 2.67. The van der Waals surface area contributed by atoms with E-state index in [1.54, 1.807) is 0 Å². The summed E-state index contributed by atoms with van der Waals surface area (Å²) in [6.45, 7) is 4.92. The van der Waals surface area contributed by atoms with Gasteiger partial charge in [-0.25, -0.2) is 0 Å². The van der Waals surface area contributed by atoms with E-state index in [-0.39, 0.29) is 11.8 Å². The molecule has 3 heteroatoms. The summed E-state index contributed by atoms with van der Waals surface area (Å²) < 4.78 is 0. The zero-order chi connectivity index (χ0) is 13.8. The van der Waals surface area contributed by atoms with Crippen LogP contribution in [0.25, 0.3) is 0 Å². The van der Waals surface area contributed by atoms with Crippen molar-refractivity contribution in [3.8, 4) is 0 Å². The quantitative estimate of drug-likeness (QED) is 0.908. The van der Waals surface area contributed by atoms with Gasteiger partial charge in [0.15, 0.2) is 0 Å². The SMILES string of the molecule is CCC(C)[C@H](N)C(=O)N1CCCCc2ccccc21. The Kier molecular flexibility index (Phi) is 4.59. The smallest absolute Gasteiger partial charge is 0.244 e. The molecule has 0 radical (unpaired) electrons. The van der Waals surface area contributed by atoms with Gasteiger partial charge in [0.1, 0.15) is 0 Å². The van der Waals surface area contributed by atoms with Gasteiger partial charge in [-0.15, -0.1) is 0 Å². The van der Waals surface area contributed by atoms with E-state index in [1.165, 1.54) is 5.56 Å². The Morgan fingerprint density at radius 2 is 2.11 bits per heavy atom. The fourth-order valence-electron chi connectivity index (χ4n) is 2.60. The van der Waals surface area contributed by atoms with Crippen molar-refractivity contribution in [1.29, 1.82) is 0 Å². The molecular formula is C16H24N2O. The molecule has 19 heavy (non-hydrogen) atoms. The third-order valence-corrected chi connectivity index (χ3v) is 4.17. The lowest BCUT2D eigenvalue weighted by Gasteiger charge is -2.28. The van der Waals surface area contributed by atoms with Gasteiger partial charge in [-0.2, -0.15) is 0 Å². The molecule has 1 amide bonds. The van der Waals surface area contributed by atoms with Gasteiger partial charge in [0.25, 0.3) is 0 Å². The number of nitrogens with two attached hydrogens (primary N) is 1. The second-order valence-corrected chi connectivity index (χ2v) is 5.49. The summed E-state index contributed by atoms with van der Waals surface area (Å²) in [7, 11) is 0. The van der Waals surface area contributed by atoms with Crippen LogP contribution in [0.2, 0.25) is 0 Å². The first-order chi connectivity index (χ1) is 9.15. The highest BCUT2D eigenvalue weighted by atomic mass is 16.2. The molecule has 2 N–H and O–H groups in total. The molecule has 1 aromatic carbocycles. The van der Waals surface area contributed by atoms with Crippen molar-refractivity contribution in [2.75, 3.05) is 11.4 Å². The number of hydrogen-bond donors (Lipinski definition) is 1. The molecule has 3 nitrogen and oxygen atoms in total. The molecule has 0 aromatic heterocycles. The van der Waals surface area contributed by atoms with Crippen molar-refractivity contribution in [1.82, 2.24) is 0 Å². The number of carbonyl (C=O) groups is 1. The molecular weight excluding hydrogens is 236 g/mol. The first-order valence-corrected chi connectivity index (χ1v) is 7.30. The zero-order valence-corrected chi connectivity index (χ0v) is 11.9. The zero-order valence-electron chi connectivity index (χ0n) is 11.9. The van der Waals surface area contributed by atoms with Gasteiger partial charge in [0, 0.05) is 12.2 Å². The van der Waals surface area contributed by atoms with E-state index < -0.39 is 6.04 Å². The third-order valence-electron chi connectivity index (χ3n) is 4.17. The van der Waals surface area contributed by atoms with Crippen molar-refractivity contribution in [3.05, 3.63) is 29.8 Å². The molecule has 2 atom stereocenters. The Morgan fingerprint density at radius 1 is 1.37 bits per heavy atom. The highest BCUT2D eigenvalue weighted by Crippen LogP contribution is 2.27. The molecule has 104 valence electrons. The maximum absolute atomic E-state index is 12.6. The van der Waals surface area contributed by atoms with Crippen LogP contribution in [0, 0.1) is 5.92 Å². The topological polar surface area (TPSA) is 46.3 Å². The maximum Gasteiger partial charge on any atom is 0.244 e. The number of aryl methyl sites for hydroxylation is 1. The molecule has 1 aromatic rings. The summed E-state index contributed by atoms with van der Waals surface area (Å²) in [4.78, 5) is 14.5. The maximum atomic E-state index is 12.6. The minimum Gasteiger partial charge on any atom is -0.320 e. The van der Waals surface area contributed by atoms with E-state index in [1.807, 2.05) is 30.0 Å². The average molecular weight is 260 g/mol. The molecule has 1 aliphatic heterocycles. The number of fused-ring (bicyclic) bond motifs is 1. The second kappa shape index (κ2) is 6.20. The van der Waals surface area contributed by atoms with Gasteiger partial charge in [-0.3, -0.25) is 4.79 Å². The lowest BCUT2D eigenvalue weighted by atomic mass is 9.98. The molecule has 0 saturated heterocycles. The highest BCUT2D eigenvalue weighted by Gasteiger charge is 2.27. The van der Waals surface area contributed by atoms with Crippen LogP contribution in [0.4, 0.5) is 5.69 Å². The van der Waals surface area contributed by atoms with Crippen LogP contribution in [-0.4, -0.2) is 18.5 Å². The van der Waals surface area contributed by atoms with E-state index in [0.29, 0.717) is 0 Å². The molecule has 0 fully saturated rings. The molecule has 2 rings (SSSR count). The minimum atomic E-state index is -0.392. The molecule has 1 unspecified atom stereocenters. The van der Waals surface area contributed by atoms with Crippen molar-refractivity contribution < 1.29 is 4.79 Å². The van der Waals surface area contributed by atoms with E-state index >= 15 is 0 Å². The summed E-state index contributed by atoms with van der Waals surface area (Å²) in [6.07, 6.45) is 4.17. The van der Waals surface area contributed by atoms with E-state index in [9.17, 15) is 4.79 Å². The largest absolute Gasteiger partial charge is 0.320 e. The highest BCUT2D eigenvalue weighted by molar-refractivity contribution is 5.98. The van der Waals surface area contributed by atoms with Gasteiger partial charge in [0.2, 0.25) is 5.91 Å². The van der Waals surface area contributed by atoms with Crippen molar-refractivity contribution in [2.45, 2.75) is 45.6 Å². The molecule has 1 heterocycles. The van der Waals surface area contributed by atoms with Crippen LogP contribution >= 0.6 is 0 Å². The van der Waals surface area contributed by atoms with Crippen molar-refractivity contribution >= 4 is 11.6 Å². The number of amides is 1. The number of para-hydroxylation sites is 1. The van der Waals surface area contributed by atoms with E-state index in [0.717, 1.165) is 37.9 Å². The Balaban J connectivity index is 2.26. The molecule has 0 spiro atoms. The predicted octanol–water partition coefficient (Wildman–Crippen LogP) is 2.73. The number of nitrogens with zero attached hydrogens (tertiary/aromatic N) is 1. The monoisotopic (exact) mass is 260 g/mol. The fourth-order valence-corrected chi connectivity index (χ4v) is 2.60. The second-order valence-electron chi connectivity index (χ2n) is 5.49. The van der Waals surface area contributed by atoms with Crippen molar-refractivity contribution in [2.24, 2.45) is 11.7 Å². The van der Waals surface area contributed by atoms with E-state index in [4.69, 9.17) is 5.73 Å². The van der Waals surface area contributed by atoms with Crippen LogP contribution in [-0.2, 0) is 11.2 Å². The lowest BCUT2D eigenvalue weighted by Crippen LogP contribution is -2.47. The Labute approximate surface area is 115 Å². The summed E-state index contributed by atoms with van der Waals surface area (Å²) in [5.41, 5.74) is 8.45. The van der Waals surface area contributed by atoms with Crippen LogP contribution in [0.3, 0.4) is 0 Å². The van der Waals surface area contributed by atoms with Gasteiger partial charge in [-0.05, 0) is 36.8 Å². The van der Waals surface area contributed by atoms with E-state index in [2.05, 4.69) is 13.0 Å². The molecule has 0 aliphatic carbocycles. The van der Waals surface area contributed by atoms with Gasteiger partial charge < -0.3 is 10.6 Å². The number of hydrogen-bond acceptors (Lipinski definition) is 2. The first-order valence-electron chi connectivity index (χ1n) is 7.30. The Hall–Kier alpha value is -1.35. The first kappa shape index (κ1) is 14.1. The molecule has 1 aliphatic rings. The molecule has 0 bridgehead atoms. The van der Waals surface area contributed by atoms with Crippen LogP contribution < -0.4 is 10.6 Å². The predicted molar refractivity (Wildman–Crippen MR) is 79.2 cm³/mol. The summed E-state index contributed by atoms with van der Waals surface area (Å²) in [5, 5.41) is 0. The number of anilines is 1. The van der Waals surface area contributed by atoms with Gasteiger partial charge in [-0.1, -0.05) is 38.5 Å². The number of carbonyl (C=O) groups excluding carboxylic acids is 1. The van der Waals surface area contributed by atoms with Gasteiger partial charge >= 0.3 is 0 Å². The summed E-state index contributed by atoms with van der Waals surface area (Å²) in [6, 6.07) is 7.81.